The second kappa shape index (κ2) is 12.9. The summed E-state index contributed by atoms with van der Waals surface area (Å²) in [5.74, 6) is 0. The van der Waals surface area contributed by atoms with Gasteiger partial charge in [-0.25, -0.2) is 0 Å². The first-order valence-electron chi connectivity index (χ1n) is 10.1. The third-order valence-electron chi connectivity index (χ3n) is 5.01. The first-order chi connectivity index (χ1) is 14.9. The van der Waals surface area contributed by atoms with Crippen molar-refractivity contribution in [2.24, 2.45) is 0 Å². The average molecular weight is 456 g/mol. The topological polar surface area (TPSA) is 194 Å². The number of rotatable bonds is 12. The van der Waals surface area contributed by atoms with Gasteiger partial charge >= 0.3 is 0 Å². The third kappa shape index (κ3) is 6.52. The molecule has 13 heteroatoms. The molecule has 0 saturated carbocycles. The van der Waals surface area contributed by atoms with Crippen molar-refractivity contribution in [3.63, 3.8) is 0 Å². The van der Waals surface area contributed by atoms with Crippen molar-refractivity contribution in [3.05, 3.63) is 0 Å². The lowest BCUT2D eigenvalue weighted by molar-refractivity contribution is -0.367. The van der Waals surface area contributed by atoms with E-state index in [2.05, 4.69) is 0 Å². The van der Waals surface area contributed by atoms with Gasteiger partial charge in [-0.2, -0.15) is 0 Å². The van der Waals surface area contributed by atoms with Gasteiger partial charge in [0.05, 0.1) is 26.4 Å². The van der Waals surface area contributed by atoms with E-state index in [1.807, 2.05) is 6.92 Å². The molecule has 0 radical (unpaired) electrons. The summed E-state index contributed by atoms with van der Waals surface area (Å²) in [6, 6.07) is 0. The Balaban J connectivity index is 2.13. The molecule has 0 spiro atoms. The molecule has 0 aliphatic carbocycles. The summed E-state index contributed by atoms with van der Waals surface area (Å²) in [6.45, 7) is 1.43. The van der Waals surface area contributed by atoms with Crippen LogP contribution >= 0.6 is 0 Å². The van der Waals surface area contributed by atoms with Gasteiger partial charge in [-0.3, -0.25) is 4.79 Å². The maximum Gasteiger partial charge on any atom is 0.293 e. The van der Waals surface area contributed by atoms with E-state index in [0.29, 0.717) is 6.61 Å². The highest BCUT2D eigenvalue weighted by molar-refractivity contribution is 5.38. The summed E-state index contributed by atoms with van der Waals surface area (Å²) in [4.78, 5) is 10.7. The van der Waals surface area contributed by atoms with Gasteiger partial charge in [-0.1, -0.05) is 6.92 Å². The van der Waals surface area contributed by atoms with E-state index in [-0.39, 0.29) is 19.7 Å². The van der Waals surface area contributed by atoms with Gasteiger partial charge in [0, 0.05) is 6.61 Å². The molecule has 2 fully saturated rings. The van der Waals surface area contributed by atoms with Gasteiger partial charge in [0.2, 0.25) is 0 Å². The molecular weight excluding hydrogens is 424 g/mol. The van der Waals surface area contributed by atoms with Crippen LogP contribution in [-0.2, 0) is 33.2 Å². The molecular formula is C18H32O13. The lowest BCUT2D eigenvalue weighted by atomic mass is 9.97. The molecule has 0 amide bonds. The van der Waals surface area contributed by atoms with Gasteiger partial charge in [0.1, 0.15) is 42.7 Å². The van der Waals surface area contributed by atoms with Crippen LogP contribution in [-0.4, -0.2) is 132 Å². The summed E-state index contributed by atoms with van der Waals surface area (Å²) in [7, 11) is 0. The highest BCUT2D eigenvalue weighted by Gasteiger charge is 2.51. The minimum Gasteiger partial charge on any atom is -0.459 e. The van der Waals surface area contributed by atoms with Crippen LogP contribution in [0.4, 0.5) is 0 Å². The van der Waals surface area contributed by atoms with Crippen LogP contribution in [0.5, 0.6) is 0 Å². The number of aliphatic hydroxyl groups excluding tert-OH is 6. The highest BCUT2D eigenvalue weighted by atomic mass is 16.8. The molecule has 0 aromatic carbocycles. The SMILES string of the molecule is CCCOCCOC1O[C@@H](CO)[C@@H](O)[C@H](O)[C@@H]1O[C@H]1O[C@H](CO)[C@@H](O)[C@@H](OC=O)[C@@H]1O. The zero-order valence-electron chi connectivity index (χ0n) is 17.1. The van der Waals surface area contributed by atoms with Crippen molar-refractivity contribution < 1.29 is 63.9 Å². The Hall–Kier alpha value is -0.970. The van der Waals surface area contributed by atoms with Crippen molar-refractivity contribution in [3.8, 4) is 0 Å². The van der Waals surface area contributed by atoms with Crippen molar-refractivity contribution >= 4 is 6.47 Å². The Morgan fingerprint density at radius 1 is 0.806 bits per heavy atom. The molecule has 6 N–H and O–H groups in total. The number of hydrogen-bond acceptors (Lipinski definition) is 13. The largest absolute Gasteiger partial charge is 0.459 e. The first-order valence-corrected chi connectivity index (χ1v) is 10.1. The van der Waals surface area contributed by atoms with Gasteiger partial charge < -0.3 is 59.1 Å². The molecule has 0 aromatic rings. The molecule has 10 atom stereocenters. The Morgan fingerprint density at radius 3 is 2.06 bits per heavy atom. The molecule has 2 heterocycles. The van der Waals surface area contributed by atoms with E-state index in [9.17, 15) is 35.4 Å². The van der Waals surface area contributed by atoms with Crippen molar-refractivity contribution in [2.75, 3.05) is 33.0 Å². The zero-order valence-corrected chi connectivity index (χ0v) is 17.1. The van der Waals surface area contributed by atoms with Gasteiger partial charge in [0.25, 0.3) is 6.47 Å². The fraction of sp³-hybridized carbons (Fsp3) is 0.944. The molecule has 13 nitrogen and oxygen atoms in total. The lowest BCUT2D eigenvalue weighted by Crippen LogP contribution is -2.65. The van der Waals surface area contributed by atoms with Gasteiger partial charge in [-0.05, 0) is 6.42 Å². The predicted octanol–water partition coefficient (Wildman–Crippen LogP) is -3.77. The fourth-order valence-corrected chi connectivity index (χ4v) is 3.35. The van der Waals surface area contributed by atoms with Crippen LogP contribution in [0.15, 0.2) is 0 Å². The number of carbonyl (C=O) groups is 1. The van der Waals surface area contributed by atoms with Crippen LogP contribution in [0.2, 0.25) is 0 Å². The minimum absolute atomic E-state index is 0.0182. The van der Waals surface area contributed by atoms with Crippen LogP contribution in [0, 0.1) is 0 Å². The molecule has 182 valence electrons. The lowest BCUT2D eigenvalue weighted by Gasteiger charge is -2.46. The summed E-state index contributed by atoms with van der Waals surface area (Å²) >= 11 is 0. The minimum atomic E-state index is -1.70. The number of hydrogen-bond donors (Lipinski definition) is 6. The second-order valence-corrected chi connectivity index (χ2v) is 7.19. The predicted molar refractivity (Wildman–Crippen MR) is 98.4 cm³/mol. The Kier molecular flexibility index (Phi) is 10.9. The van der Waals surface area contributed by atoms with E-state index >= 15 is 0 Å². The quantitative estimate of drug-likeness (QED) is 0.124. The molecule has 2 aliphatic rings. The maximum atomic E-state index is 10.7. The molecule has 2 rings (SSSR count). The van der Waals surface area contributed by atoms with Crippen LogP contribution in [0.1, 0.15) is 13.3 Å². The van der Waals surface area contributed by atoms with Crippen molar-refractivity contribution in [2.45, 2.75) is 74.8 Å². The monoisotopic (exact) mass is 456 g/mol. The maximum absolute atomic E-state index is 10.7. The molecule has 0 aromatic heterocycles. The number of carbonyl (C=O) groups excluding carboxylic acids is 1. The van der Waals surface area contributed by atoms with Crippen molar-refractivity contribution in [1.29, 1.82) is 0 Å². The smallest absolute Gasteiger partial charge is 0.293 e. The Bertz CT molecular complexity index is 523. The molecule has 2 saturated heterocycles. The molecule has 1 unspecified atom stereocenters. The van der Waals surface area contributed by atoms with Gasteiger partial charge in [0.15, 0.2) is 18.7 Å². The summed E-state index contributed by atoms with van der Waals surface area (Å²) in [5, 5.41) is 60.0. The van der Waals surface area contributed by atoms with Crippen LogP contribution in [0.3, 0.4) is 0 Å². The van der Waals surface area contributed by atoms with E-state index in [0.717, 1.165) is 6.42 Å². The Morgan fingerprint density at radius 2 is 1.45 bits per heavy atom. The third-order valence-corrected chi connectivity index (χ3v) is 5.01. The van der Waals surface area contributed by atoms with E-state index in [1.54, 1.807) is 0 Å². The average Bonchev–Trinajstić information content (AvgIpc) is 2.77. The van der Waals surface area contributed by atoms with Crippen LogP contribution in [0.25, 0.3) is 0 Å². The second-order valence-electron chi connectivity index (χ2n) is 7.19. The molecule has 0 bridgehead atoms. The summed E-state index contributed by atoms with van der Waals surface area (Å²) < 4.78 is 31.9. The summed E-state index contributed by atoms with van der Waals surface area (Å²) in [6.07, 6.45) is -13.8. The number of aliphatic hydroxyl groups is 6. The van der Waals surface area contributed by atoms with E-state index in [4.69, 9.17) is 28.4 Å². The molecule has 31 heavy (non-hydrogen) atoms. The standard InChI is InChI=1S/C18H32O13/c1-2-3-26-4-5-27-18-16(13(24)11(22)9(6-19)30-18)31-17-14(25)15(28-8-21)12(23)10(7-20)29-17/h8-20,22-25H,2-7H2,1H3/t9-,10+,11+,12+,13-,14-,15+,16-,17+,18?/m0/s1. The fourth-order valence-electron chi connectivity index (χ4n) is 3.35. The summed E-state index contributed by atoms with van der Waals surface area (Å²) in [5.41, 5.74) is 0. The van der Waals surface area contributed by atoms with Gasteiger partial charge in [-0.15, -0.1) is 0 Å². The zero-order chi connectivity index (χ0) is 23.0. The number of ether oxygens (including phenoxy) is 6. The van der Waals surface area contributed by atoms with Crippen LogP contribution < -0.4 is 0 Å². The van der Waals surface area contributed by atoms with E-state index in [1.165, 1.54) is 0 Å². The normalized spacial score (nSPS) is 41.1. The highest BCUT2D eigenvalue weighted by Crippen LogP contribution is 2.30. The molecule has 2 aliphatic heterocycles. The Labute approximate surface area is 179 Å². The first kappa shape index (κ1) is 26.3. The van der Waals surface area contributed by atoms with E-state index < -0.39 is 74.6 Å². The van der Waals surface area contributed by atoms with Crippen molar-refractivity contribution in [1.82, 2.24) is 0 Å².